The molecule has 0 amide bonds. The normalized spacial score (nSPS) is 18.6. The lowest BCUT2D eigenvalue weighted by atomic mass is 9.62. The number of hydrogen-bond acceptors (Lipinski definition) is 1. The van der Waals surface area contributed by atoms with Crippen molar-refractivity contribution in [2.24, 2.45) is 0 Å². The first-order valence-corrected chi connectivity index (χ1v) is 7.04. The van der Waals surface area contributed by atoms with Gasteiger partial charge < -0.3 is 5.11 Å². The summed E-state index contributed by atoms with van der Waals surface area (Å²) in [6.07, 6.45) is 2.31. The van der Waals surface area contributed by atoms with Crippen LogP contribution in [0, 0.1) is 18.8 Å². The third-order valence-electron chi connectivity index (χ3n) is 4.50. The van der Waals surface area contributed by atoms with Crippen molar-refractivity contribution in [3.05, 3.63) is 34.4 Å². The highest BCUT2D eigenvalue weighted by Gasteiger charge is 2.37. The zero-order chi connectivity index (χ0) is 15.1. The smallest absolute Gasteiger partial charge is 0.382 e. The first-order chi connectivity index (χ1) is 9.13. The molecule has 0 atom stereocenters. The minimum Gasteiger partial charge on any atom is -0.472 e. The molecule has 1 aromatic rings. The van der Waals surface area contributed by atoms with Gasteiger partial charge in [-0.15, -0.1) is 0 Å². The molecule has 1 aromatic carbocycles. The van der Waals surface area contributed by atoms with Crippen LogP contribution in [0.1, 0.15) is 62.8 Å². The van der Waals surface area contributed by atoms with E-state index in [0.717, 1.165) is 17.5 Å². The molecule has 0 fully saturated rings. The molecule has 2 heteroatoms. The van der Waals surface area contributed by atoms with Crippen LogP contribution in [0.15, 0.2) is 12.1 Å². The molecule has 1 N–H and O–H groups in total. The average molecular weight is 270 g/mol. The minimum atomic E-state index is -1.08. The lowest BCUT2D eigenvalue weighted by Gasteiger charge is -2.42. The Morgan fingerprint density at radius 1 is 1.10 bits per heavy atom. The summed E-state index contributed by atoms with van der Waals surface area (Å²) in [5.41, 5.74) is 4.88. The molecule has 0 aliphatic heterocycles. The molecule has 0 unspecified atom stereocenters. The fraction of sp³-hybridized carbons (Fsp3) is 0.500. The van der Waals surface area contributed by atoms with E-state index in [1.807, 2.05) is 6.92 Å². The Morgan fingerprint density at radius 3 is 2.10 bits per heavy atom. The number of rotatable bonds is 0. The number of carboxylic acids is 1. The summed E-state index contributed by atoms with van der Waals surface area (Å²) >= 11 is 0. The molecule has 0 saturated carbocycles. The highest BCUT2D eigenvalue weighted by Crippen LogP contribution is 2.46. The van der Waals surface area contributed by atoms with Crippen molar-refractivity contribution in [2.75, 3.05) is 0 Å². The van der Waals surface area contributed by atoms with Crippen LogP contribution in [-0.4, -0.2) is 11.1 Å². The van der Waals surface area contributed by atoms with Crippen LogP contribution in [0.4, 0.5) is 0 Å². The summed E-state index contributed by atoms with van der Waals surface area (Å²) in [4.78, 5) is 10.6. The topological polar surface area (TPSA) is 37.3 Å². The maximum absolute atomic E-state index is 10.6. The summed E-state index contributed by atoms with van der Waals surface area (Å²) in [7, 11) is 0. The minimum absolute atomic E-state index is 0.123. The second-order valence-electron chi connectivity index (χ2n) is 7.04. The maximum atomic E-state index is 10.6. The quantitative estimate of drug-likeness (QED) is 0.728. The van der Waals surface area contributed by atoms with Crippen molar-refractivity contribution in [1.82, 2.24) is 0 Å². The van der Waals surface area contributed by atoms with Crippen LogP contribution < -0.4 is 0 Å². The highest BCUT2D eigenvalue weighted by molar-refractivity contribution is 5.87. The van der Waals surface area contributed by atoms with Crippen LogP contribution >= 0.6 is 0 Å². The SMILES string of the molecule is Cc1cc2c(cc1C#CC(=O)O)C(C)(C)CCC2(C)C. The van der Waals surface area contributed by atoms with Gasteiger partial charge in [-0.2, -0.15) is 0 Å². The maximum Gasteiger partial charge on any atom is 0.382 e. The van der Waals surface area contributed by atoms with Gasteiger partial charge in [-0.3, -0.25) is 0 Å². The summed E-state index contributed by atoms with van der Waals surface area (Å²) in [6.45, 7) is 11.1. The Bertz CT molecular complexity index is 625. The first kappa shape index (κ1) is 14.7. The number of fused-ring (bicyclic) bond motifs is 1. The Balaban J connectivity index is 2.65. The van der Waals surface area contributed by atoms with E-state index in [0.29, 0.717) is 0 Å². The summed E-state index contributed by atoms with van der Waals surface area (Å²) in [6, 6.07) is 4.30. The average Bonchev–Trinajstić information content (AvgIpc) is 2.33. The molecule has 0 saturated heterocycles. The van der Waals surface area contributed by atoms with E-state index >= 15 is 0 Å². The van der Waals surface area contributed by atoms with E-state index in [2.05, 4.69) is 51.7 Å². The monoisotopic (exact) mass is 270 g/mol. The number of benzene rings is 1. The molecule has 1 aliphatic rings. The van der Waals surface area contributed by atoms with Crippen LogP contribution in [0.25, 0.3) is 0 Å². The third kappa shape index (κ3) is 2.58. The van der Waals surface area contributed by atoms with Crippen LogP contribution in [0.3, 0.4) is 0 Å². The van der Waals surface area contributed by atoms with Crippen molar-refractivity contribution in [2.45, 2.75) is 58.3 Å². The lowest BCUT2D eigenvalue weighted by Crippen LogP contribution is -2.34. The first-order valence-electron chi connectivity index (χ1n) is 7.04. The van der Waals surface area contributed by atoms with E-state index in [1.165, 1.54) is 17.5 Å². The van der Waals surface area contributed by atoms with Crippen molar-refractivity contribution in [3.63, 3.8) is 0 Å². The van der Waals surface area contributed by atoms with Crippen LogP contribution in [0.5, 0.6) is 0 Å². The number of carboxylic acid groups (broad SMARTS) is 1. The predicted molar refractivity (Wildman–Crippen MR) is 81.0 cm³/mol. The number of hydrogen-bond donors (Lipinski definition) is 1. The summed E-state index contributed by atoms with van der Waals surface area (Å²) in [5, 5.41) is 8.72. The van der Waals surface area contributed by atoms with E-state index in [9.17, 15) is 4.79 Å². The Hall–Kier alpha value is -1.75. The number of carbonyl (C=O) groups is 1. The third-order valence-corrected chi connectivity index (χ3v) is 4.50. The molecule has 0 heterocycles. The van der Waals surface area contributed by atoms with Crippen molar-refractivity contribution in [1.29, 1.82) is 0 Å². The Labute approximate surface area is 121 Å². The van der Waals surface area contributed by atoms with Gasteiger partial charge >= 0.3 is 5.97 Å². The Kier molecular flexibility index (Phi) is 3.42. The van der Waals surface area contributed by atoms with Crippen molar-refractivity contribution < 1.29 is 9.90 Å². The molecule has 1 aliphatic carbocycles. The Morgan fingerprint density at radius 2 is 1.60 bits per heavy atom. The number of aliphatic carboxylic acids is 1. The zero-order valence-electron chi connectivity index (χ0n) is 12.9. The molecule has 0 aromatic heterocycles. The predicted octanol–water partition coefficient (Wildman–Crippen LogP) is 3.78. The standard InChI is InChI=1S/C18H22O2/c1-12-10-14-15(11-13(12)6-7-16(19)20)18(4,5)9-8-17(14,2)3/h10-11H,8-9H2,1-5H3,(H,19,20). The van der Waals surface area contributed by atoms with E-state index in [1.54, 1.807) is 0 Å². The molecule has 2 rings (SSSR count). The lowest BCUT2D eigenvalue weighted by molar-refractivity contribution is -0.130. The summed E-state index contributed by atoms with van der Waals surface area (Å²) in [5.74, 6) is 3.92. The van der Waals surface area contributed by atoms with Crippen molar-refractivity contribution in [3.8, 4) is 11.8 Å². The van der Waals surface area contributed by atoms with Crippen LogP contribution in [-0.2, 0) is 15.6 Å². The largest absolute Gasteiger partial charge is 0.472 e. The molecule has 0 spiro atoms. The molecule has 0 radical (unpaired) electrons. The highest BCUT2D eigenvalue weighted by atomic mass is 16.4. The van der Waals surface area contributed by atoms with E-state index < -0.39 is 5.97 Å². The summed E-state index contributed by atoms with van der Waals surface area (Å²) < 4.78 is 0. The zero-order valence-corrected chi connectivity index (χ0v) is 12.9. The second-order valence-corrected chi connectivity index (χ2v) is 7.04. The molecule has 20 heavy (non-hydrogen) atoms. The van der Waals surface area contributed by atoms with Gasteiger partial charge in [0.1, 0.15) is 0 Å². The van der Waals surface area contributed by atoms with Gasteiger partial charge in [-0.05, 0) is 53.4 Å². The van der Waals surface area contributed by atoms with Crippen molar-refractivity contribution >= 4 is 5.97 Å². The molecular weight excluding hydrogens is 248 g/mol. The van der Waals surface area contributed by atoms with Gasteiger partial charge in [0.2, 0.25) is 0 Å². The second kappa shape index (κ2) is 4.66. The van der Waals surface area contributed by atoms with Gasteiger partial charge in [0, 0.05) is 11.5 Å². The fourth-order valence-corrected chi connectivity index (χ4v) is 2.98. The van der Waals surface area contributed by atoms with Crippen LogP contribution in [0.2, 0.25) is 0 Å². The van der Waals surface area contributed by atoms with Gasteiger partial charge in [-0.1, -0.05) is 39.7 Å². The van der Waals surface area contributed by atoms with Gasteiger partial charge in [-0.25, -0.2) is 4.79 Å². The number of aryl methyl sites for hydroxylation is 1. The molecular formula is C18H22O2. The van der Waals surface area contributed by atoms with E-state index in [4.69, 9.17) is 5.11 Å². The molecule has 2 nitrogen and oxygen atoms in total. The molecule has 0 bridgehead atoms. The fourth-order valence-electron chi connectivity index (χ4n) is 2.98. The molecule has 106 valence electrons. The van der Waals surface area contributed by atoms with E-state index in [-0.39, 0.29) is 10.8 Å². The van der Waals surface area contributed by atoms with Gasteiger partial charge in [0.15, 0.2) is 0 Å². The van der Waals surface area contributed by atoms with Gasteiger partial charge in [0.05, 0.1) is 0 Å². The van der Waals surface area contributed by atoms with Gasteiger partial charge in [0.25, 0.3) is 0 Å².